The third kappa shape index (κ3) is 1.56. The molecule has 0 amide bonds. The van der Waals surface area contributed by atoms with Gasteiger partial charge in [-0.15, -0.1) is 0 Å². The van der Waals surface area contributed by atoms with Crippen molar-refractivity contribution in [2.45, 2.75) is 13.3 Å². The molecule has 0 unspecified atom stereocenters. The Hall–Kier alpha value is -1.75. The van der Waals surface area contributed by atoms with Crippen LogP contribution in [0.3, 0.4) is 0 Å². The number of hydrogen-bond donors (Lipinski definition) is 0. The van der Waals surface area contributed by atoms with E-state index >= 15 is 0 Å². The fourth-order valence-corrected chi connectivity index (χ4v) is 3.91. The Morgan fingerprint density at radius 3 is 3.15 bits per heavy atom. The number of thioether (sulfide) groups is 1. The summed E-state index contributed by atoms with van der Waals surface area (Å²) in [6.45, 7) is 3.85. The Bertz CT molecular complexity index is 762. The lowest BCUT2D eigenvalue weighted by Crippen LogP contribution is -2.20. The summed E-state index contributed by atoms with van der Waals surface area (Å²) in [5.41, 5.74) is 2.72. The molecule has 2 aliphatic heterocycles. The first kappa shape index (κ1) is 12.0. The Morgan fingerprint density at radius 2 is 2.30 bits per heavy atom. The zero-order valence-corrected chi connectivity index (χ0v) is 11.8. The molecule has 3 nitrogen and oxygen atoms in total. The number of fused-ring (bicyclic) bond motifs is 2. The van der Waals surface area contributed by atoms with Crippen molar-refractivity contribution in [2.75, 3.05) is 13.1 Å². The van der Waals surface area contributed by atoms with Gasteiger partial charge in [0.1, 0.15) is 11.4 Å². The molecular formula is C15H13FN2OS. The SMILES string of the molecule is CCC1=C(c2ccc(F)c3ccoc23)N2CCN=C2S1. The third-order valence-electron chi connectivity index (χ3n) is 3.69. The van der Waals surface area contributed by atoms with E-state index in [0.29, 0.717) is 11.0 Å². The second-order valence-corrected chi connectivity index (χ2v) is 5.86. The van der Waals surface area contributed by atoms with Crippen molar-refractivity contribution in [3.05, 3.63) is 40.7 Å². The van der Waals surface area contributed by atoms with Crippen LogP contribution in [0, 0.1) is 5.82 Å². The predicted octanol–water partition coefficient (Wildman–Crippen LogP) is 4.07. The topological polar surface area (TPSA) is 28.7 Å². The maximum Gasteiger partial charge on any atom is 0.168 e. The van der Waals surface area contributed by atoms with Gasteiger partial charge in [0.05, 0.1) is 23.9 Å². The first-order valence-electron chi connectivity index (χ1n) is 6.68. The normalized spacial score (nSPS) is 18.1. The standard InChI is InChI=1S/C15H13FN2OS/c1-2-12-13(18-7-6-17-15(18)20-12)10-3-4-11(16)9-5-8-19-14(9)10/h3-5,8H,2,6-7H2,1H3. The molecule has 20 heavy (non-hydrogen) atoms. The van der Waals surface area contributed by atoms with Gasteiger partial charge in [0.25, 0.3) is 0 Å². The average molecular weight is 288 g/mol. The van der Waals surface area contributed by atoms with E-state index in [9.17, 15) is 4.39 Å². The van der Waals surface area contributed by atoms with Crippen LogP contribution < -0.4 is 0 Å². The second kappa shape index (κ2) is 4.38. The molecule has 0 atom stereocenters. The Balaban J connectivity index is 1.96. The van der Waals surface area contributed by atoms with Gasteiger partial charge in [-0.3, -0.25) is 4.99 Å². The lowest BCUT2D eigenvalue weighted by molar-refractivity contribution is 0.603. The number of hydrogen-bond acceptors (Lipinski definition) is 4. The van der Waals surface area contributed by atoms with E-state index in [2.05, 4.69) is 16.8 Å². The molecule has 0 radical (unpaired) electrons. The molecule has 0 spiro atoms. The van der Waals surface area contributed by atoms with Crippen molar-refractivity contribution in [1.82, 2.24) is 4.90 Å². The summed E-state index contributed by atoms with van der Waals surface area (Å²) in [6.07, 6.45) is 2.49. The Kier molecular flexibility index (Phi) is 2.63. The van der Waals surface area contributed by atoms with Crippen molar-refractivity contribution in [3.8, 4) is 0 Å². The summed E-state index contributed by atoms with van der Waals surface area (Å²) in [6, 6.07) is 5.01. The molecule has 0 aliphatic carbocycles. The largest absolute Gasteiger partial charge is 0.464 e. The van der Waals surface area contributed by atoms with Gasteiger partial charge < -0.3 is 9.32 Å². The monoisotopic (exact) mass is 288 g/mol. The molecule has 0 fully saturated rings. The van der Waals surface area contributed by atoms with E-state index in [4.69, 9.17) is 4.42 Å². The number of nitrogens with zero attached hydrogens (tertiary/aromatic N) is 2. The lowest BCUT2D eigenvalue weighted by Gasteiger charge is -2.17. The highest BCUT2D eigenvalue weighted by Crippen LogP contribution is 2.44. The summed E-state index contributed by atoms with van der Waals surface area (Å²) in [5, 5.41) is 1.60. The van der Waals surface area contributed by atoms with Gasteiger partial charge in [-0.05, 0) is 24.6 Å². The molecule has 0 bridgehead atoms. The molecule has 0 saturated heterocycles. The summed E-state index contributed by atoms with van der Waals surface area (Å²) in [7, 11) is 0. The predicted molar refractivity (Wildman–Crippen MR) is 80.0 cm³/mol. The quantitative estimate of drug-likeness (QED) is 0.834. The fraction of sp³-hybridized carbons (Fsp3) is 0.267. The van der Waals surface area contributed by atoms with Crippen LogP contribution in [0.5, 0.6) is 0 Å². The molecule has 1 aromatic heterocycles. The van der Waals surface area contributed by atoms with Gasteiger partial charge in [0, 0.05) is 17.0 Å². The average Bonchev–Trinajstić information content (AvgIpc) is 3.14. The highest BCUT2D eigenvalue weighted by molar-refractivity contribution is 8.17. The van der Waals surface area contributed by atoms with Crippen LogP contribution in [-0.2, 0) is 0 Å². The van der Waals surface area contributed by atoms with Gasteiger partial charge in [0.15, 0.2) is 5.17 Å². The van der Waals surface area contributed by atoms with Crippen LogP contribution in [0.2, 0.25) is 0 Å². The minimum Gasteiger partial charge on any atom is -0.464 e. The first-order valence-corrected chi connectivity index (χ1v) is 7.50. The van der Waals surface area contributed by atoms with Gasteiger partial charge in [-0.25, -0.2) is 4.39 Å². The van der Waals surface area contributed by atoms with Gasteiger partial charge in [0.2, 0.25) is 0 Å². The van der Waals surface area contributed by atoms with Crippen LogP contribution in [0.25, 0.3) is 16.7 Å². The molecule has 2 aliphatic rings. The Labute approximate surface area is 120 Å². The number of aliphatic imine (C=N–C) groups is 1. The van der Waals surface area contributed by atoms with Crippen LogP contribution in [0.15, 0.2) is 38.8 Å². The summed E-state index contributed by atoms with van der Waals surface area (Å²) >= 11 is 1.72. The number of halogens is 1. The molecule has 0 N–H and O–H groups in total. The first-order chi connectivity index (χ1) is 9.79. The van der Waals surface area contributed by atoms with Crippen molar-refractivity contribution in [1.29, 1.82) is 0 Å². The lowest BCUT2D eigenvalue weighted by atomic mass is 10.1. The van der Waals surface area contributed by atoms with Gasteiger partial charge in [-0.1, -0.05) is 18.7 Å². The van der Waals surface area contributed by atoms with E-state index in [0.717, 1.165) is 35.9 Å². The summed E-state index contributed by atoms with van der Waals surface area (Å²) in [4.78, 5) is 8.01. The molecular weight excluding hydrogens is 275 g/mol. The number of furan rings is 1. The fourth-order valence-electron chi connectivity index (χ4n) is 2.78. The molecule has 5 heteroatoms. The van der Waals surface area contributed by atoms with Crippen molar-refractivity contribution < 1.29 is 8.81 Å². The van der Waals surface area contributed by atoms with Crippen molar-refractivity contribution in [2.24, 2.45) is 4.99 Å². The molecule has 102 valence electrons. The number of benzene rings is 1. The molecule has 4 rings (SSSR count). The smallest absolute Gasteiger partial charge is 0.168 e. The van der Waals surface area contributed by atoms with E-state index in [1.165, 1.54) is 11.0 Å². The van der Waals surface area contributed by atoms with Crippen molar-refractivity contribution in [3.63, 3.8) is 0 Å². The van der Waals surface area contributed by atoms with E-state index < -0.39 is 0 Å². The van der Waals surface area contributed by atoms with Gasteiger partial charge >= 0.3 is 0 Å². The minimum absolute atomic E-state index is 0.239. The zero-order valence-electron chi connectivity index (χ0n) is 11.0. The zero-order chi connectivity index (χ0) is 13.7. The summed E-state index contributed by atoms with van der Waals surface area (Å²) in [5.74, 6) is -0.239. The number of rotatable bonds is 2. The molecule has 2 aromatic rings. The van der Waals surface area contributed by atoms with Crippen LogP contribution >= 0.6 is 11.8 Å². The third-order valence-corrected chi connectivity index (χ3v) is 4.95. The molecule has 1 aromatic carbocycles. The number of amidine groups is 1. The summed E-state index contributed by atoms with van der Waals surface area (Å²) < 4.78 is 19.3. The van der Waals surface area contributed by atoms with Crippen LogP contribution in [-0.4, -0.2) is 23.2 Å². The number of allylic oxidation sites excluding steroid dienone is 1. The maximum absolute atomic E-state index is 13.8. The van der Waals surface area contributed by atoms with E-state index in [-0.39, 0.29) is 5.82 Å². The van der Waals surface area contributed by atoms with Crippen molar-refractivity contribution >= 4 is 33.6 Å². The Morgan fingerprint density at radius 1 is 1.40 bits per heavy atom. The second-order valence-electron chi connectivity index (χ2n) is 4.80. The molecule has 3 heterocycles. The maximum atomic E-state index is 13.8. The van der Waals surface area contributed by atoms with Crippen LogP contribution in [0.1, 0.15) is 18.9 Å². The highest BCUT2D eigenvalue weighted by atomic mass is 32.2. The highest BCUT2D eigenvalue weighted by Gasteiger charge is 2.33. The minimum atomic E-state index is -0.239. The van der Waals surface area contributed by atoms with E-state index in [1.807, 2.05) is 6.07 Å². The van der Waals surface area contributed by atoms with Crippen LogP contribution in [0.4, 0.5) is 4.39 Å². The van der Waals surface area contributed by atoms with Gasteiger partial charge in [-0.2, -0.15) is 0 Å². The molecule has 0 saturated carbocycles. The van der Waals surface area contributed by atoms with E-state index in [1.54, 1.807) is 24.1 Å².